The summed E-state index contributed by atoms with van der Waals surface area (Å²) in [6.07, 6.45) is 42.5. The Morgan fingerprint density at radius 3 is 1.49 bits per heavy atom. The van der Waals surface area contributed by atoms with E-state index in [-0.39, 0.29) is 0 Å². The summed E-state index contributed by atoms with van der Waals surface area (Å²) < 4.78 is 1.55. The fourth-order valence-corrected chi connectivity index (χ4v) is 8.61. The molecule has 1 aliphatic heterocycles. The van der Waals surface area contributed by atoms with Crippen molar-refractivity contribution in [3.05, 3.63) is 87.5 Å². The van der Waals surface area contributed by atoms with Crippen LogP contribution in [0, 0.1) is 48.4 Å². The van der Waals surface area contributed by atoms with Gasteiger partial charge in [-0.1, -0.05) is 172 Å². The van der Waals surface area contributed by atoms with Crippen molar-refractivity contribution in [2.45, 2.75) is 201 Å². The maximum atomic E-state index is 12.7. The Hall–Kier alpha value is -3.80. The second-order valence-corrected chi connectivity index (χ2v) is 16.8. The minimum absolute atomic E-state index is 0.509. The molecule has 2 unspecified atom stereocenters. The molecule has 0 saturated heterocycles. The largest absolute Gasteiger partial charge is 0.493 e. The Bertz CT molecular complexity index is 1680. The molecule has 2 atom stereocenters. The third-order valence-electron chi connectivity index (χ3n) is 12.1. The molecule has 0 fully saturated rings. The zero-order valence-corrected chi connectivity index (χ0v) is 36.9. The molecule has 0 saturated carbocycles. The van der Waals surface area contributed by atoms with E-state index in [9.17, 15) is 5.53 Å². The van der Waals surface area contributed by atoms with Gasteiger partial charge in [-0.05, 0) is 92.9 Å². The predicted octanol–water partition coefficient (Wildman–Crippen LogP) is 16.3. The first-order valence-corrected chi connectivity index (χ1v) is 23.5. The van der Waals surface area contributed by atoms with Crippen LogP contribution in [-0.2, 0) is 12.8 Å². The van der Waals surface area contributed by atoms with Gasteiger partial charge in [-0.25, -0.2) is 4.70 Å². The van der Waals surface area contributed by atoms with Gasteiger partial charge in [0.2, 0.25) is 11.4 Å². The van der Waals surface area contributed by atoms with Crippen molar-refractivity contribution in [3.8, 4) is 36.5 Å². The molecule has 2 aromatic carbocycles. The van der Waals surface area contributed by atoms with Gasteiger partial charge in [0.25, 0.3) is 0 Å². The quantitative estimate of drug-likeness (QED) is 0.0430. The first-order valence-electron chi connectivity index (χ1n) is 23.5. The van der Waals surface area contributed by atoms with E-state index in [0.717, 1.165) is 92.3 Å². The first kappa shape index (κ1) is 47.6. The molecule has 1 heterocycles. The zero-order chi connectivity index (χ0) is 40.9. The van der Waals surface area contributed by atoms with Gasteiger partial charge < -0.3 is 5.53 Å². The van der Waals surface area contributed by atoms with Crippen LogP contribution in [-0.4, -0.2) is 4.70 Å². The summed E-state index contributed by atoms with van der Waals surface area (Å²) in [6, 6.07) is 17.6. The highest BCUT2D eigenvalue weighted by molar-refractivity contribution is 5.86. The van der Waals surface area contributed by atoms with Crippen molar-refractivity contribution < 1.29 is 4.70 Å². The van der Waals surface area contributed by atoms with Crippen LogP contribution in [0.5, 0.6) is 0 Å². The van der Waals surface area contributed by atoms with Crippen LogP contribution in [0.15, 0.2) is 59.7 Å². The van der Waals surface area contributed by atoms with Crippen molar-refractivity contribution in [2.75, 3.05) is 0 Å². The Morgan fingerprint density at radius 1 is 0.526 bits per heavy atom. The number of unbranched alkanes of at least 4 members (excludes halogenated alkanes) is 14. The maximum Gasteiger partial charge on any atom is 0.223 e. The van der Waals surface area contributed by atoms with E-state index in [2.05, 4.69) is 99.9 Å². The van der Waals surface area contributed by atoms with Gasteiger partial charge >= 0.3 is 0 Å². The number of nitrogens with zero attached hydrogens (tertiary/aromatic N) is 2. The fraction of sp³-hybridized carbons (Fsp3) is 0.600. The molecule has 0 radical (unpaired) electrons. The number of rotatable bonds is 30. The van der Waals surface area contributed by atoms with Gasteiger partial charge in [-0.2, -0.15) is 0 Å². The zero-order valence-electron chi connectivity index (χ0n) is 36.9. The Labute approximate surface area is 351 Å². The summed E-state index contributed by atoms with van der Waals surface area (Å²) >= 11 is 0. The maximum absolute atomic E-state index is 12.7. The Kier molecular flexibility index (Phi) is 24.6. The van der Waals surface area contributed by atoms with Crippen LogP contribution in [0.4, 0.5) is 0 Å². The summed E-state index contributed by atoms with van der Waals surface area (Å²) in [4.78, 5) is 0. The van der Waals surface area contributed by atoms with Gasteiger partial charge in [0.05, 0.1) is 5.56 Å². The number of benzene rings is 2. The van der Waals surface area contributed by atoms with Crippen LogP contribution in [0.2, 0.25) is 0 Å². The fourth-order valence-electron chi connectivity index (χ4n) is 8.61. The van der Waals surface area contributed by atoms with Gasteiger partial charge in [-0.15, -0.1) is 24.7 Å². The molecule has 0 aromatic heterocycles. The van der Waals surface area contributed by atoms with Crippen molar-refractivity contribution in [1.82, 2.24) is 0 Å². The lowest BCUT2D eigenvalue weighted by atomic mass is 9.88. The predicted molar refractivity (Wildman–Crippen MR) is 248 cm³/mol. The molecular weight excluding hydrogens is 689 g/mol. The lowest BCUT2D eigenvalue weighted by Gasteiger charge is -2.18. The molecule has 0 bridgehead atoms. The van der Waals surface area contributed by atoms with E-state index in [1.165, 1.54) is 126 Å². The summed E-state index contributed by atoms with van der Waals surface area (Å²) in [5.41, 5.74) is 21.5. The highest BCUT2D eigenvalue weighted by Crippen LogP contribution is 2.44. The van der Waals surface area contributed by atoms with Crippen molar-refractivity contribution >= 4 is 11.4 Å². The molecule has 2 heteroatoms. The highest BCUT2D eigenvalue weighted by atomic mass is 15.2. The molecule has 0 spiro atoms. The second kappa shape index (κ2) is 29.4. The van der Waals surface area contributed by atoms with Gasteiger partial charge in [0.15, 0.2) is 0 Å². The minimum Gasteiger partial charge on any atom is -0.493 e. The SMILES string of the molecule is C#CCC(CCCCCC)CCc1ccccc1C1=C(C#CCCCCCCC)C(CCCCCC)=C(c2ccccc2CCC(CC#C)CCCCCC)[N+]1=[N-]. The number of terminal acetylenes is 2. The van der Waals surface area contributed by atoms with Gasteiger partial charge in [0.1, 0.15) is 5.57 Å². The third-order valence-corrected chi connectivity index (χ3v) is 12.1. The number of allylic oxidation sites excluding steroid dienone is 2. The van der Waals surface area contributed by atoms with Gasteiger partial charge in [-0.3, -0.25) is 0 Å². The van der Waals surface area contributed by atoms with Crippen molar-refractivity contribution in [1.29, 1.82) is 0 Å². The number of hydrogen-bond donors (Lipinski definition) is 0. The molecule has 0 amide bonds. The van der Waals surface area contributed by atoms with Crippen LogP contribution in [0.3, 0.4) is 0 Å². The molecule has 57 heavy (non-hydrogen) atoms. The second-order valence-electron chi connectivity index (χ2n) is 16.8. The Balaban J connectivity index is 2.10. The molecular formula is C55H78N2. The van der Waals surface area contributed by atoms with E-state index in [0.29, 0.717) is 11.8 Å². The standard InChI is InChI=1S/C55H78N2/c1-7-13-17-21-22-23-27-41-53-52(40-26-20-16-10-4)54(50-38-30-28-36-48(50)44-42-46(32-11-5)34-24-18-14-8-2)57(56)55(53)51-39-31-29-37-49(51)45-43-47(33-12-6)35-25-19-15-9-3/h5-6,28-31,36-39,46-47H,7-10,13-26,32-35,40,42-45H2,1-4H3. The lowest BCUT2D eigenvalue weighted by molar-refractivity contribution is -0.345. The summed E-state index contributed by atoms with van der Waals surface area (Å²) in [6.45, 7) is 9.08. The van der Waals surface area contributed by atoms with E-state index < -0.39 is 0 Å². The van der Waals surface area contributed by atoms with Crippen LogP contribution in [0.25, 0.3) is 16.9 Å². The van der Waals surface area contributed by atoms with E-state index in [4.69, 9.17) is 12.8 Å². The molecule has 0 N–H and O–H groups in total. The molecule has 1 aliphatic rings. The molecule has 2 nitrogen and oxygen atoms in total. The van der Waals surface area contributed by atoms with Gasteiger partial charge in [0, 0.05) is 30.4 Å². The summed E-state index contributed by atoms with van der Waals surface area (Å²) in [5.74, 6) is 14.4. The summed E-state index contributed by atoms with van der Waals surface area (Å²) in [5, 5.41) is 0. The third kappa shape index (κ3) is 16.5. The minimum atomic E-state index is 0.509. The Morgan fingerprint density at radius 2 is 0.982 bits per heavy atom. The lowest BCUT2D eigenvalue weighted by Crippen LogP contribution is -2.09. The molecule has 3 rings (SSSR count). The van der Waals surface area contributed by atoms with Crippen molar-refractivity contribution in [2.24, 2.45) is 11.8 Å². The summed E-state index contributed by atoms with van der Waals surface area (Å²) in [7, 11) is 0. The van der Waals surface area contributed by atoms with Crippen molar-refractivity contribution in [3.63, 3.8) is 0 Å². The van der Waals surface area contributed by atoms with Crippen LogP contribution in [0.1, 0.15) is 210 Å². The topological polar surface area (TPSA) is 25.3 Å². The normalized spacial score (nSPS) is 13.7. The van der Waals surface area contributed by atoms with E-state index >= 15 is 0 Å². The number of aryl methyl sites for hydroxylation is 2. The average Bonchev–Trinajstić information content (AvgIpc) is 3.50. The molecule has 0 aliphatic carbocycles. The van der Waals surface area contributed by atoms with Crippen LogP contribution >= 0.6 is 0 Å². The average molecular weight is 767 g/mol. The van der Waals surface area contributed by atoms with E-state index in [1.54, 1.807) is 4.70 Å². The smallest absolute Gasteiger partial charge is 0.223 e. The van der Waals surface area contributed by atoms with Crippen LogP contribution < -0.4 is 0 Å². The van der Waals surface area contributed by atoms with E-state index in [1.807, 2.05) is 0 Å². The monoisotopic (exact) mass is 767 g/mol. The number of hydrogen-bond acceptors (Lipinski definition) is 0. The highest BCUT2D eigenvalue weighted by Gasteiger charge is 2.37. The molecule has 308 valence electrons. The molecule has 2 aromatic rings. The first-order chi connectivity index (χ1) is 28.0.